The second kappa shape index (κ2) is 8.06. The molecule has 5 nitrogen and oxygen atoms in total. The number of anilines is 3. The van der Waals surface area contributed by atoms with E-state index in [2.05, 4.69) is 45.7 Å². The van der Waals surface area contributed by atoms with Crippen LogP contribution in [0.2, 0.25) is 5.02 Å². The number of methoxy groups -OCH3 is 1. The zero-order valence-corrected chi connectivity index (χ0v) is 15.8. The zero-order valence-electron chi connectivity index (χ0n) is 15.0. The van der Waals surface area contributed by atoms with Gasteiger partial charge in [0.2, 0.25) is 5.95 Å². The first-order valence-corrected chi connectivity index (χ1v) is 8.67. The van der Waals surface area contributed by atoms with Crippen molar-refractivity contribution in [2.75, 3.05) is 17.7 Å². The average Bonchev–Trinajstić information content (AvgIpc) is 2.60. The minimum atomic E-state index is 0.543. The average molecular weight is 369 g/mol. The second-order valence-electron chi connectivity index (χ2n) is 6.04. The van der Waals surface area contributed by atoms with Gasteiger partial charge in [-0.25, -0.2) is 4.98 Å². The lowest BCUT2D eigenvalue weighted by atomic mass is 10.1. The molecule has 0 spiro atoms. The minimum absolute atomic E-state index is 0.543. The molecule has 0 unspecified atom stereocenters. The number of aromatic nitrogens is 2. The van der Waals surface area contributed by atoms with Crippen molar-refractivity contribution in [3.63, 3.8) is 0 Å². The van der Waals surface area contributed by atoms with Crippen LogP contribution in [0, 0.1) is 13.8 Å². The van der Waals surface area contributed by atoms with Crippen LogP contribution < -0.4 is 15.4 Å². The normalized spacial score (nSPS) is 10.5. The quantitative estimate of drug-likeness (QED) is 0.633. The van der Waals surface area contributed by atoms with Gasteiger partial charge in [-0.3, -0.25) is 0 Å². The molecule has 3 rings (SSSR count). The standard InChI is InChI=1S/C20H21ClN4O/c1-13-5-4-6-15(9-13)12-22-20-23-14(2)10-19(25-20)24-16-7-8-18(26-3)17(21)11-16/h4-11H,12H2,1-3H3,(H2,22,23,24,25). The van der Waals surface area contributed by atoms with Crippen LogP contribution in [0.1, 0.15) is 16.8 Å². The van der Waals surface area contributed by atoms with Crippen LogP contribution in [0.4, 0.5) is 17.5 Å². The van der Waals surface area contributed by atoms with Crippen LogP contribution in [0.5, 0.6) is 5.75 Å². The molecule has 3 aromatic rings. The first-order valence-electron chi connectivity index (χ1n) is 8.29. The lowest BCUT2D eigenvalue weighted by Gasteiger charge is -2.11. The summed E-state index contributed by atoms with van der Waals surface area (Å²) in [6.45, 7) is 4.68. The zero-order chi connectivity index (χ0) is 18.5. The highest BCUT2D eigenvalue weighted by Crippen LogP contribution is 2.28. The number of hydrogen-bond acceptors (Lipinski definition) is 5. The maximum absolute atomic E-state index is 6.18. The summed E-state index contributed by atoms with van der Waals surface area (Å²) in [6.07, 6.45) is 0. The van der Waals surface area contributed by atoms with Crippen molar-refractivity contribution in [1.82, 2.24) is 9.97 Å². The summed E-state index contributed by atoms with van der Waals surface area (Å²) < 4.78 is 5.18. The van der Waals surface area contributed by atoms with Gasteiger partial charge >= 0.3 is 0 Å². The van der Waals surface area contributed by atoms with Crippen LogP contribution in [-0.4, -0.2) is 17.1 Å². The Balaban J connectivity index is 1.74. The number of rotatable bonds is 6. The molecule has 1 aromatic heterocycles. The van der Waals surface area contributed by atoms with Crippen LogP contribution in [0.3, 0.4) is 0 Å². The van der Waals surface area contributed by atoms with Gasteiger partial charge in [-0.1, -0.05) is 41.4 Å². The van der Waals surface area contributed by atoms with Crippen LogP contribution in [0.15, 0.2) is 48.5 Å². The molecule has 0 fully saturated rings. The Hall–Kier alpha value is -2.79. The Morgan fingerprint density at radius 3 is 2.62 bits per heavy atom. The van der Waals surface area contributed by atoms with Gasteiger partial charge in [0.15, 0.2) is 0 Å². The molecule has 0 bridgehead atoms. The summed E-state index contributed by atoms with van der Waals surface area (Å²) in [6, 6.07) is 15.7. The van der Waals surface area contributed by atoms with Gasteiger partial charge in [-0.05, 0) is 37.6 Å². The number of hydrogen-bond donors (Lipinski definition) is 2. The van der Waals surface area contributed by atoms with E-state index in [1.54, 1.807) is 13.2 Å². The molecule has 0 amide bonds. The fourth-order valence-electron chi connectivity index (χ4n) is 2.61. The van der Waals surface area contributed by atoms with Crippen molar-refractivity contribution >= 4 is 29.1 Å². The molecule has 0 atom stereocenters. The summed E-state index contributed by atoms with van der Waals surface area (Å²) in [5.41, 5.74) is 4.12. The van der Waals surface area contributed by atoms with E-state index in [0.29, 0.717) is 29.1 Å². The SMILES string of the molecule is COc1ccc(Nc2cc(C)nc(NCc3cccc(C)c3)n2)cc1Cl. The number of halogens is 1. The van der Waals surface area contributed by atoms with E-state index in [1.165, 1.54) is 11.1 Å². The van der Waals surface area contributed by atoms with Gasteiger partial charge in [0.25, 0.3) is 0 Å². The third-order valence-electron chi connectivity index (χ3n) is 3.81. The first kappa shape index (κ1) is 18.0. The predicted octanol–water partition coefficient (Wildman–Crippen LogP) is 5.11. The second-order valence-corrected chi connectivity index (χ2v) is 6.44. The van der Waals surface area contributed by atoms with E-state index in [-0.39, 0.29) is 0 Å². The number of benzene rings is 2. The van der Waals surface area contributed by atoms with E-state index < -0.39 is 0 Å². The van der Waals surface area contributed by atoms with Gasteiger partial charge in [-0.15, -0.1) is 0 Å². The van der Waals surface area contributed by atoms with Gasteiger partial charge < -0.3 is 15.4 Å². The first-order chi connectivity index (χ1) is 12.5. The van der Waals surface area contributed by atoms with E-state index in [1.807, 2.05) is 31.2 Å². The van der Waals surface area contributed by atoms with Crippen molar-refractivity contribution in [2.45, 2.75) is 20.4 Å². The summed E-state index contributed by atoms with van der Waals surface area (Å²) in [7, 11) is 1.59. The maximum Gasteiger partial charge on any atom is 0.225 e. The molecular weight excluding hydrogens is 348 g/mol. The highest BCUT2D eigenvalue weighted by Gasteiger charge is 2.06. The molecule has 0 saturated heterocycles. The number of nitrogens with zero attached hydrogens (tertiary/aromatic N) is 2. The van der Waals surface area contributed by atoms with Crippen LogP contribution in [0.25, 0.3) is 0 Å². The lowest BCUT2D eigenvalue weighted by Crippen LogP contribution is -2.06. The fourth-order valence-corrected chi connectivity index (χ4v) is 2.86. The highest BCUT2D eigenvalue weighted by molar-refractivity contribution is 6.32. The number of ether oxygens (including phenoxy) is 1. The van der Waals surface area contributed by atoms with Gasteiger partial charge in [0.1, 0.15) is 11.6 Å². The van der Waals surface area contributed by atoms with Crippen LogP contribution in [-0.2, 0) is 6.54 Å². The highest BCUT2D eigenvalue weighted by atomic mass is 35.5. The minimum Gasteiger partial charge on any atom is -0.495 e. The molecule has 0 aliphatic rings. The van der Waals surface area contributed by atoms with E-state index >= 15 is 0 Å². The summed E-state index contributed by atoms with van der Waals surface area (Å²) >= 11 is 6.18. The summed E-state index contributed by atoms with van der Waals surface area (Å²) in [4.78, 5) is 8.98. The van der Waals surface area contributed by atoms with Crippen molar-refractivity contribution in [3.05, 3.63) is 70.4 Å². The third-order valence-corrected chi connectivity index (χ3v) is 4.11. The molecule has 0 saturated carbocycles. The number of aryl methyl sites for hydroxylation is 2. The molecule has 2 N–H and O–H groups in total. The molecular formula is C20H21ClN4O. The molecule has 0 radical (unpaired) electrons. The van der Waals surface area contributed by atoms with Gasteiger partial charge in [-0.2, -0.15) is 4.98 Å². The van der Waals surface area contributed by atoms with Crippen molar-refractivity contribution < 1.29 is 4.74 Å². The van der Waals surface area contributed by atoms with Crippen molar-refractivity contribution in [3.8, 4) is 5.75 Å². The monoisotopic (exact) mass is 368 g/mol. The maximum atomic E-state index is 6.18. The Kier molecular flexibility index (Phi) is 5.58. The molecule has 26 heavy (non-hydrogen) atoms. The molecule has 1 heterocycles. The molecule has 0 aliphatic heterocycles. The topological polar surface area (TPSA) is 59.1 Å². The largest absolute Gasteiger partial charge is 0.495 e. The summed E-state index contributed by atoms with van der Waals surface area (Å²) in [5.74, 6) is 1.91. The fraction of sp³-hybridized carbons (Fsp3) is 0.200. The van der Waals surface area contributed by atoms with Gasteiger partial charge in [0.05, 0.1) is 12.1 Å². The molecule has 134 valence electrons. The third kappa shape index (κ3) is 4.64. The van der Waals surface area contributed by atoms with Crippen LogP contribution >= 0.6 is 11.6 Å². The smallest absolute Gasteiger partial charge is 0.225 e. The summed E-state index contributed by atoms with van der Waals surface area (Å²) in [5, 5.41) is 7.07. The lowest BCUT2D eigenvalue weighted by molar-refractivity contribution is 0.415. The molecule has 2 aromatic carbocycles. The van der Waals surface area contributed by atoms with Crippen molar-refractivity contribution in [2.24, 2.45) is 0 Å². The molecule has 6 heteroatoms. The van der Waals surface area contributed by atoms with Crippen molar-refractivity contribution in [1.29, 1.82) is 0 Å². The van der Waals surface area contributed by atoms with E-state index in [9.17, 15) is 0 Å². The van der Waals surface area contributed by atoms with E-state index in [4.69, 9.17) is 16.3 Å². The predicted molar refractivity (Wildman–Crippen MR) is 107 cm³/mol. The number of nitrogens with one attached hydrogen (secondary N) is 2. The van der Waals surface area contributed by atoms with Gasteiger partial charge in [0, 0.05) is 24.0 Å². The Bertz CT molecular complexity index is 914. The Morgan fingerprint density at radius 2 is 1.88 bits per heavy atom. The Labute approximate surface area is 158 Å². The van der Waals surface area contributed by atoms with E-state index in [0.717, 1.165) is 11.4 Å². The Morgan fingerprint density at radius 1 is 1.04 bits per heavy atom. The molecule has 0 aliphatic carbocycles.